The van der Waals surface area contributed by atoms with Crippen LogP contribution in [0.2, 0.25) is 0 Å². The zero-order chi connectivity index (χ0) is 35.5. The second-order valence-electron chi connectivity index (χ2n) is 11.8. The Morgan fingerprint density at radius 3 is 1.98 bits per heavy atom. The summed E-state index contributed by atoms with van der Waals surface area (Å²) < 4.78 is 0. The highest BCUT2D eigenvalue weighted by Crippen LogP contribution is 2.24. The number of nitrogens with zero attached hydrogens (tertiary/aromatic N) is 1. The van der Waals surface area contributed by atoms with Crippen LogP contribution in [0.1, 0.15) is 66.7 Å². The van der Waals surface area contributed by atoms with Gasteiger partial charge in [-0.05, 0) is 31.6 Å². The molecule has 46 heavy (non-hydrogen) atoms. The van der Waals surface area contributed by atoms with E-state index in [1.165, 1.54) is 11.8 Å². The third-order valence-corrected chi connectivity index (χ3v) is 8.42. The fraction of sp³-hybridized carbons (Fsp3) is 0.714. The molecule has 0 bridgehead atoms. The maximum absolute atomic E-state index is 13.9. The molecule has 1 aliphatic rings. The lowest BCUT2D eigenvalue weighted by Crippen LogP contribution is -2.66. The maximum Gasteiger partial charge on any atom is 0.327 e. The van der Waals surface area contributed by atoms with Crippen molar-refractivity contribution >= 4 is 60.1 Å². The van der Waals surface area contributed by atoms with Gasteiger partial charge in [0, 0.05) is 12.3 Å². The van der Waals surface area contributed by atoms with E-state index in [0.717, 1.165) is 0 Å². The highest BCUT2D eigenvalue weighted by atomic mass is 32.1. The van der Waals surface area contributed by atoms with Crippen molar-refractivity contribution in [1.82, 2.24) is 26.2 Å². The van der Waals surface area contributed by atoms with E-state index in [-0.39, 0.29) is 18.7 Å². The zero-order valence-electron chi connectivity index (χ0n) is 26.6. The van der Waals surface area contributed by atoms with Crippen molar-refractivity contribution in [2.75, 3.05) is 12.3 Å². The molecular formula is C28H46N6O11S. The van der Waals surface area contributed by atoms with Gasteiger partial charge < -0.3 is 47.2 Å². The molecule has 0 saturated carbocycles. The van der Waals surface area contributed by atoms with Gasteiger partial charge in [-0.25, -0.2) is 4.79 Å². The molecule has 1 heterocycles. The molecule has 0 unspecified atom stereocenters. The Morgan fingerprint density at radius 1 is 0.913 bits per heavy atom. The van der Waals surface area contributed by atoms with Crippen molar-refractivity contribution in [2.45, 2.75) is 102 Å². The molecule has 9 N–H and O–H groups in total. The van der Waals surface area contributed by atoms with Gasteiger partial charge in [0.25, 0.3) is 0 Å². The first-order chi connectivity index (χ1) is 21.3. The van der Waals surface area contributed by atoms with Crippen LogP contribution in [0.5, 0.6) is 0 Å². The van der Waals surface area contributed by atoms with Crippen LogP contribution in [-0.4, -0.2) is 116 Å². The number of rotatable bonds is 18. The molecule has 1 fully saturated rings. The van der Waals surface area contributed by atoms with E-state index in [0.29, 0.717) is 12.8 Å². The van der Waals surface area contributed by atoms with Crippen LogP contribution < -0.4 is 27.0 Å². The number of carboxylic acid groups (broad SMARTS) is 3. The molecule has 260 valence electrons. The zero-order valence-corrected chi connectivity index (χ0v) is 27.5. The van der Waals surface area contributed by atoms with Gasteiger partial charge in [0.15, 0.2) is 0 Å². The molecule has 0 aliphatic carbocycles. The lowest BCUT2D eigenvalue weighted by molar-refractivity contribution is -0.146. The summed E-state index contributed by atoms with van der Waals surface area (Å²) >= 11 is 3.94. The lowest BCUT2D eigenvalue weighted by Gasteiger charge is -2.38. The van der Waals surface area contributed by atoms with Gasteiger partial charge in [-0.15, -0.1) is 0 Å². The molecule has 17 nitrogen and oxygen atoms in total. The molecule has 18 heteroatoms. The van der Waals surface area contributed by atoms with Crippen LogP contribution in [0.3, 0.4) is 0 Å². The predicted octanol–water partition coefficient (Wildman–Crippen LogP) is -1.70. The number of carboxylic acids is 3. The van der Waals surface area contributed by atoms with Gasteiger partial charge in [-0.3, -0.25) is 33.6 Å². The van der Waals surface area contributed by atoms with Gasteiger partial charge >= 0.3 is 17.9 Å². The highest BCUT2D eigenvalue weighted by Gasteiger charge is 2.45. The minimum absolute atomic E-state index is 0.168. The third-order valence-electron chi connectivity index (χ3n) is 8.05. The van der Waals surface area contributed by atoms with E-state index in [1.54, 1.807) is 27.7 Å². The number of nitrogens with one attached hydrogen (secondary N) is 4. The summed E-state index contributed by atoms with van der Waals surface area (Å²) in [5.41, 5.74) is 3.81. The quantitative estimate of drug-likeness (QED) is 0.0736. The summed E-state index contributed by atoms with van der Waals surface area (Å²) in [6.07, 6.45) is -0.623. The Balaban J connectivity index is 3.28. The number of aliphatic carboxylic acids is 3. The minimum Gasteiger partial charge on any atom is -0.481 e. The first-order valence-corrected chi connectivity index (χ1v) is 15.5. The smallest absolute Gasteiger partial charge is 0.327 e. The first kappa shape index (κ1) is 40.1. The van der Waals surface area contributed by atoms with Gasteiger partial charge in [-0.1, -0.05) is 34.1 Å². The van der Waals surface area contributed by atoms with Gasteiger partial charge in [0.1, 0.15) is 29.7 Å². The van der Waals surface area contributed by atoms with Gasteiger partial charge in [-0.2, -0.15) is 12.6 Å². The minimum atomic E-state index is -1.74. The van der Waals surface area contributed by atoms with Crippen molar-refractivity contribution in [3.8, 4) is 0 Å². The first-order valence-electron chi connectivity index (χ1n) is 14.9. The monoisotopic (exact) mass is 674 g/mol. The number of thiol groups is 1. The summed E-state index contributed by atoms with van der Waals surface area (Å²) in [5.74, 6) is -9.62. The van der Waals surface area contributed by atoms with Crippen LogP contribution >= 0.6 is 12.6 Å². The van der Waals surface area contributed by atoms with E-state index < -0.39 is 108 Å². The van der Waals surface area contributed by atoms with Crippen LogP contribution in [-0.2, 0) is 38.4 Å². The summed E-state index contributed by atoms with van der Waals surface area (Å²) in [6.45, 7) is 8.25. The van der Waals surface area contributed by atoms with Crippen molar-refractivity contribution in [3.05, 3.63) is 0 Å². The lowest BCUT2D eigenvalue weighted by atomic mass is 9.83. The van der Waals surface area contributed by atoms with Crippen molar-refractivity contribution in [2.24, 2.45) is 17.6 Å². The highest BCUT2D eigenvalue weighted by molar-refractivity contribution is 7.80. The summed E-state index contributed by atoms with van der Waals surface area (Å²) in [5, 5.41) is 37.2. The average molecular weight is 675 g/mol. The van der Waals surface area contributed by atoms with E-state index in [9.17, 15) is 48.6 Å². The van der Waals surface area contributed by atoms with E-state index in [1.807, 2.05) is 0 Å². The average Bonchev–Trinajstić information content (AvgIpc) is 3.46. The molecule has 0 aromatic rings. The van der Waals surface area contributed by atoms with Crippen LogP contribution in [0.25, 0.3) is 0 Å². The number of likely N-dealkylation sites (tertiary alicyclic amines) is 1. The molecule has 1 rings (SSSR count). The Labute approximate surface area is 272 Å². The van der Waals surface area contributed by atoms with E-state index in [2.05, 4.69) is 33.9 Å². The predicted molar refractivity (Wildman–Crippen MR) is 165 cm³/mol. The summed E-state index contributed by atoms with van der Waals surface area (Å²) in [4.78, 5) is 101. The number of nitrogens with two attached hydrogens (primary N) is 1. The number of hydrogen-bond acceptors (Lipinski definition) is 10. The van der Waals surface area contributed by atoms with Crippen molar-refractivity contribution < 1.29 is 53.7 Å². The molecule has 0 aromatic carbocycles. The number of carbonyl (C=O) groups excluding carboxylic acids is 5. The molecule has 5 amide bonds. The normalized spacial score (nSPS) is 19.0. The Morgan fingerprint density at radius 2 is 1.50 bits per heavy atom. The van der Waals surface area contributed by atoms with Crippen molar-refractivity contribution in [1.29, 1.82) is 0 Å². The fourth-order valence-electron chi connectivity index (χ4n) is 4.84. The molecule has 7 atom stereocenters. The SMILES string of the molecule is CC[C@H](C)[C@](C)(NC(=O)[C@H](CC(=O)O)NC(=O)[C@@H](N)CC(=O)O)C(=O)N[C@H](C(=O)N1CCC[C@H]1C(=O)N[C@@H](CS)C(=O)O)C(C)C. The molecule has 0 aromatic heterocycles. The molecule has 0 radical (unpaired) electrons. The van der Waals surface area contributed by atoms with E-state index in [4.69, 9.17) is 10.8 Å². The van der Waals surface area contributed by atoms with Crippen LogP contribution in [0.15, 0.2) is 0 Å². The summed E-state index contributed by atoms with van der Waals surface area (Å²) in [7, 11) is 0. The third kappa shape index (κ3) is 10.9. The second kappa shape index (κ2) is 17.7. The molecule has 1 aliphatic heterocycles. The molecule has 0 spiro atoms. The standard InChI is InChI=1S/C28H46N6O11S/c1-6-14(4)28(5,33-23(40)16(11-20(37)38)30-22(39)15(29)10-19(35)36)27(45)32-21(13(2)3)25(42)34-9-7-8-18(34)24(41)31-17(12-46)26(43)44/h13-18,21,46H,6-12,29H2,1-5H3,(H,30,39)(H,31,41)(H,32,45)(H,33,40)(H,35,36)(H,37,38)(H,43,44)/t14-,15-,16-,17-,18-,21-,28-/m0/s1. The Hall–Kier alpha value is -3.93. The molecular weight excluding hydrogens is 628 g/mol. The van der Waals surface area contributed by atoms with Gasteiger partial charge in [0.2, 0.25) is 29.5 Å². The van der Waals surface area contributed by atoms with E-state index >= 15 is 0 Å². The second-order valence-corrected chi connectivity index (χ2v) is 12.2. The topological polar surface area (TPSA) is 275 Å². The largest absolute Gasteiger partial charge is 0.481 e. The number of hydrogen-bond donors (Lipinski definition) is 9. The Bertz CT molecular complexity index is 1180. The number of amides is 5. The summed E-state index contributed by atoms with van der Waals surface area (Å²) in [6, 6.07) is -6.73. The number of carbonyl (C=O) groups is 8. The van der Waals surface area contributed by atoms with Crippen LogP contribution in [0.4, 0.5) is 0 Å². The van der Waals surface area contributed by atoms with Gasteiger partial charge in [0.05, 0.1) is 18.9 Å². The van der Waals surface area contributed by atoms with Crippen LogP contribution in [0, 0.1) is 11.8 Å². The van der Waals surface area contributed by atoms with Crippen molar-refractivity contribution in [3.63, 3.8) is 0 Å². The fourth-order valence-corrected chi connectivity index (χ4v) is 5.09. The molecule has 1 saturated heterocycles. The Kier molecular flexibility index (Phi) is 15.4. The maximum atomic E-state index is 13.9.